The number of rotatable bonds is 6. The first kappa shape index (κ1) is 13.4. The van der Waals surface area contributed by atoms with Crippen LogP contribution in [0.15, 0.2) is 0 Å². The van der Waals surface area contributed by atoms with Crippen molar-refractivity contribution in [3.8, 4) is 0 Å². The smallest absolute Gasteiger partial charge is 0.224 e. The number of hydrogen-bond donors (Lipinski definition) is 2. The average Bonchev–Trinajstić information content (AvgIpc) is 2.02. The Morgan fingerprint density at radius 1 is 1.36 bits per heavy atom. The third-order valence-corrected chi connectivity index (χ3v) is 1.99. The van der Waals surface area contributed by atoms with Gasteiger partial charge in [0.1, 0.15) is 0 Å². The average molecular weight is 201 g/mol. The molecule has 4 heteroatoms. The van der Waals surface area contributed by atoms with Crippen LogP contribution in [0.3, 0.4) is 0 Å². The van der Waals surface area contributed by atoms with Crippen LogP contribution >= 0.6 is 0 Å². The minimum atomic E-state index is 0.0320. The molecule has 2 N–H and O–H groups in total. The highest BCUT2D eigenvalue weighted by molar-refractivity contribution is 5.78. The summed E-state index contributed by atoms with van der Waals surface area (Å²) in [6.07, 6.45) is 0. The molecule has 0 radical (unpaired) electrons. The Labute approximate surface area is 87.0 Å². The van der Waals surface area contributed by atoms with Gasteiger partial charge in [0.2, 0.25) is 5.91 Å². The summed E-state index contributed by atoms with van der Waals surface area (Å²) in [4.78, 5) is 13.6. The van der Waals surface area contributed by atoms with Crippen LogP contribution in [0.4, 0.5) is 0 Å². The number of amides is 1. The standard InChI is InChI=1S/C10H23N3O/c1-8(6-11-3)10(14)12-9(2)7-13(4)5/h8-9,11H,6-7H2,1-5H3,(H,12,14). The minimum Gasteiger partial charge on any atom is -0.352 e. The number of nitrogens with zero attached hydrogens (tertiary/aromatic N) is 1. The fraction of sp³-hybridized carbons (Fsp3) is 0.900. The van der Waals surface area contributed by atoms with Gasteiger partial charge in [0.25, 0.3) is 0 Å². The van der Waals surface area contributed by atoms with E-state index in [0.717, 1.165) is 13.1 Å². The molecule has 0 heterocycles. The molecule has 0 rings (SSSR count). The van der Waals surface area contributed by atoms with E-state index in [0.29, 0.717) is 0 Å². The van der Waals surface area contributed by atoms with Gasteiger partial charge in [0, 0.05) is 25.0 Å². The Hall–Kier alpha value is -0.610. The van der Waals surface area contributed by atoms with Gasteiger partial charge in [-0.25, -0.2) is 0 Å². The molecule has 0 aliphatic rings. The third kappa shape index (κ3) is 5.94. The van der Waals surface area contributed by atoms with Crippen molar-refractivity contribution in [2.75, 3.05) is 34.2 Å². The second kappa shape index (κ2) is 6.79. The van der Waals surface area contributed by atoms with E-state index >= 15 is 0 Å². The molecule has 0 saturated carbocycles. The SMILES string of the molecule is CNCC(C)C(=O)NC(C)CN(C)C. The molecular weight excluding hydrogens is 178 g/mol. The molecule has 0 aliphatic heterocycles. The zero-order chi connectivity index (χ0) is 11.1. The van der Waals surface area contributed by atoms with Crippen LogP contribution in [-0.4, -0.2) is 51.1 Å². The van der Waals surface area contributed by atoms with E-state index in [-0.39, 0.29) is 17.9 Å². The van der Waals surface area contributed by atoms with Crippen molar-refractivity contribution in [3.05, 3.63) is 0 Å². The van der Waals surface area contributed by atoms with Crippen molar-refractivity contribution in [1.29, 1.82) is 0 Å². The predicted octanol–water partition coefficient (Wildman–Crippen LogP) is -0.0918. The zero-order valence-corrected chi connectivity index (χ0v) is 9.92. The maximum absolute atomic E-state index is 11.6. The first-order valence-electron chi connectivity index (χ1n) is 5.07. The van der Waals surface area contributed by atoms with Gasteiger partial charge in [0.15, 0.2) is 0 Å². The lowest BCUT2D eigenvalue weighted by Gasteiger charge is -2.20. The van der Waals surface area contributed by atoms with Crippen LogP contribution in [0.5, 0.6) is 0 Å². The van der Waals surface area contributed by atoms with Gasteiger partial charge in [-0.3, -0.25) is 4.79 Å². The van der Waals surface area contributed by atoms with Gasteiger partial charge < -0.3 is 15.5 Å². The molecule has 2 atom stereocenters. The Bertz CT molecular complexity index is 171. The van der Waals surface area contributed by atoms with Gasteiger partial charge in [0.05, 0.1) is 0 Å². The summed E-state index contributed by atoms with van der Waals surface area (Å²) in [5, 5.41) is 5.97. The van der Waals surface area contributed by atoms with E-state index in [2.05, 4.69) is 15.5 Å². The monoisotopic (exact) mass is 201 g/mol. The molecular formula is C10H23N3O. The van der Waals surface area contributed by atoms with Crippen LogP contribution in [0.25, 0.3) is 0 Å². The van der Waals surface area contributed by atoms with E-state index in [9.17, 15) is 4.79 Å². The third-order valence-electron chi connectivity index (χ3n) is 1.99. The van der Waals surface area contributed by atoms with Crippen LogP contribution in [0, 0.1) is 5.92 Å². The molecule has 14 heavy (non-hydrogen) atoms. The molecule has 1 amide bonds. The van der Waals surface area contributed by atoms with Gasteiger partial charge in [-0.1, -0.05) is 6.92 Å². The Morgan fingerprint density at radius 3 is 2.36 bits per heavy atom. The van der Waals surface area contributed by atoms with Crippen LogP contribution in [-0.2, 0) is 4.79 Å². The minimum absolute atomic E-state index is 0.0320. The van der Waals surface area contributed by atoms with Crippen molar-refractivity contribution in [2.24, 2.45) is 5.92 Å². The zero-order valence-electron chi connectivity index (χ0n) is 9.92. The van der Waals surface area contributed by atoms with E-state index in [1.54, 1.807) is 0 Å². The number of carbonyl (C=O) groups excluding carboxylic acids is 1. The quantitative estimate of drug-likeness (QED) is 0.631. The van der Waals surface area contributed by atoms with Crippen molar-refractivity contribution in [3.63, 3.8) is 0 Å². The summed E-state index contributed by atoms with van der Waals surface area (Å²) < 4.78 is 0. The van der Waals surface area contributed by atoms with E-state index in [4.69, 9.17) is 0 Å². The highest BCUT2D eigenvalue weighted by Crippen LogP contribution is 1.94. The predicted molar refractivity (Wildman–Crippen MR) is 59.2 cm³/mol. The second-order valence-corrected chi connectivity index (χ2v) is 4.13. The normalized spacial score (nSPS) is 15.3. The molecule has 0 aromatic heterocycles. The fourth-order valence-electron chi connectivity index (χ4n) is 1.38. The summed E-state index contributed by atoms with van der Waals surface area (Å²) in [5.41, 5.74) is 0. The topological polar surface area (TPSA) is 44.4 Å². The van der Waals surface area contributed by atoms with Gasteiger partial charge in [-0.05, 0) is 28.1 Å². The maximum Gasteiger partial charge on any atom is 0.224 e. The highest BCUT2D eigenvalue weighted by atomic mass is 16.1. The highest BCUT2D eigenvalue weighted by Gasteiger charge is 2.14. The van der Waals surface area contributed by atoms with E-state index < -0.39 is 0 Å². The maximum atomic E-state index is 11.6. The van der Waals surface area contributed by atoms with Crippen molar-refractivity contribution < 1.29 is 4.79 Å². The van der Waals surface area contributed by atoms with E-state index in [1.165, 1.54) is 0 Å². The molecule has 2 unspecified atom stereocenters. The van der Waals surface area contributed by atoms with Crippen LogP contribution < -0.4 is 10.6 Å². The fourth-order valence-corrected chi connectivity index (χ4v) is 1.38. The number of nitrogens with one attached hydrogen (secondary N) is 2. The van der Waals surface area contributed by atoms with Crippen molar-refractivity contribution in [1.82, 2.24) is 15.5 Å². The van der Waals surface area contributed by atoms with Gasteiger partial charge in [-0.15, -0.1) is 0 Å². The summed E-state index contributed by atoms with van der Waals surface area (Å²) >= 11 is 0. The lowest BCUT2D eigenvalue weighted by Crippen LogP contribution is -2.43. The second-order valence-electron chi connectivity index (χ2n) is 4.13. The first-order valence-corrected chi connectivity index (χ1v) is 5.07. The number of carbonyl (C=O) groups is 1. The summed E-state index contributed by atoms with van der Waals surface area (Å²) in [6, 6.07) is 0.205. The molecule has 0 saturated heterocycles. The number of hydrogen-bond acceptors (Lipinski definition) is 3. The van der Waals surface area contributed by atoms with Gasteiger partial charge in [-0.2, -0.15) is 0 Å². The molecule has 0 aromatic carbocycles. The Balaban J connectivity index is 3.80. The van der Waals surface area contributed by atoms with Crippen LogP contribution in [0.2, 0.25) is 0 Å². The Kier molecular flexibility index (Phi) is 6.49. The largest absolute Gasteiger partial charge is 0.352 e. The van der Waals surface area contributed by atoms with Crippen molar-refractivity contribution >= 4 is 5.91 Å². The Morgan fingerprint density at radius 2 is 1.93 bits per heavy atom. The summed E-state index contributed by atoms with van der Waals surface area (Å²) in [5.74, 6) is 0.151. The number of likely N-dealkylation sites (N-methyl/N-ethyl adjacent to an activating group) is 1. The molecule has 0 aliphatic carbocycles. The van der Waals surface area contributed by atoms with Crippen LogP contribution in [0.1, 0.15) is 13.8 Å². The lowest BCUT2D eigenvalue weighted by atomic mass is 10.1. The first-order chi connectivity index (χ1) is 6.47. The van der Waals surface area contributed by atoms with Gasteiger partial charge >= 0.3 is 0 Å². The summed E-state index contributed by atoms with van der Waals surface area (Å²) in [6.45, 7) is 5.54. The van der Waals surface area contributed by atoms with Crippen molar-refractivity contribution in [2.45, 2.75) is 19.9 Å². The summed E-state index contributed by atoms with van der Waals surface area (Å²) in [7, 11) is 5.85. The molecule has 0 spiro atoms. The van der Waals surface area contributed by atoms with E-state index in [1.807, 2.05) is 35.0 Å². The lowest BCUT2D eigenvalue weighted by molar-refractivity contribution is -0.125. The molecule has 0 fully saturated rings. The molecule has 4 nitrogen and oxygen atoms in total. The molecule has 84 valence electrons. The molecule has 0 aromatic rings. The molecule has 0 bridgehead atoms.